The molecule has 1 aliphatic rings. The van der Waals surface area contributed by atoms with Gasteiger partial charge in [-0.25, -0.2) is 0 Å². The van der Waals surface area contributed by atoms with Gasteiger partial charge in [0.25, 0.3) is 0 Å². The van der Waals surface area contributed by atoms with Gasteiger partial charge in [0.2, 0.25) is 0 Å². The lowest BCUT2D eigenvalue weighted by Gasteiger charge is -2.32. The number of hydrogen-bond donors (Lipinski definition) is 0. The lowest BCUT2D eigenvalue weighted by Crippen LogP contribution is -2.33. The number of hydrogen-bond acceptors (Lipinski definition) is 2. The van der Waals surface area contributed by atoms with Crippen LogP contribution in [-0.2, 0) is 9.53 Å². The van der Waals surface area contributed by atoms with Gasteiger partial charge in [0, 0.05) is 5.92 Å². The molecule has 0 saturated heterocycles. The van der Waals surface area contributed by atoms with Gasteiger partial charge in [-0.3, -0.25) is 4.79 Å². The fourth-order valence-corrected chi connectivity index (χ4v) is 3.33. The molecule has 0 N–H and O–H groups in total. The van der Waals surface area contributed by atoms with Crippen LogP contribution in [0.5, 0.6) is 0 Å². The fraction of sp³-hybridized carbons (Fsp3) is 0.526. The van der Waals surface area contributed by atoms with Crippen molar-refractivity contribution >= 4 is 5.97 Å². The number of benzene rings is 1. The Bertz CT molecular complexity index is 504. The molecular weight excluding hydrogens is 260 g/mol. The van der Waals surface area contributed by atoms with Crippen LogP contribution >= 0.6 is 0 Å². The number of esters is 1. The van der Waals surface area contributed by atoms with Crippen LogP contribution in [0.15, 0.2) is 42.0 Å². The van der Waals surface area contributed by atoms with Crippen molar-refractivity contribution in [3.63, 3.8) is 0 Å². The van der Waals surface area contributed by atoms with E-state index in [1.165, 1.54) is 11.1 Å². The minimum atomic E-state index is -0.0805. The molecule has 2 nitrogen and oxygen atoms in total. The van der Waals surface area contributed by atoms with E-state index in [0.29, 0.717) is 18.3 Å². The van der Waals surface area contributed by atoms with Crippen molar-refractivity contribution in [3.05, 3.63) is 47.5 Å². The first-order valence-electron chi connectivity index (χ1n) is 7.89. The Kier molecular flexibility index (Phi) is 5.22. The molecule has 0 aliphatic heterocycles. The lowest BCUT2D eigenvalue weighted by atomic mass is 9.82. The Morgan fingerprint density at radius 2 is 1.95 bits per heavy atom. The average molecular weight is 286 g/mol. The Labute approximate surface area is 128 Å². The summed E-state index contributed by atoms with van der Waals surface area (Å²) in [5, 5.41) is 0. The van der Waals surface area contributed by atoms with Crippen molar-refractivity contribution in [1.82, 2.24) is 0 Å². The lowest BCUT2D eigenvalue weighted by molar-refractivity contribution is -0.154. The van der Waals surface area contributed by atoms with Crippen LogP contribution in [-0.4, -0.2) is 12.1 Å². The molecule has 21 heavy (non-hydrogen) atoms. The second-order valence-electron chi connectivity index (χ2n) is 6.52. The van der Waals surface area contributed by atoms with Gasteiger partial charge >= 0.3 is 5.97 Å². The number of ether oxygens (including phenoxy) is 1. The first kappa shape index (κ1) is 15.8. The zero-order chi connectivity index (χ0) is 15.4. The van der Waals surface area contributed by atoms with E-state index in [1.807, 2.05) is 18.2 Å². The molecule has 4 atom stereocenters. The smallest absolute Gasteiger partial charge is 0.306 e. The number of carbonyl (C=O) groups excluding carboxylic acids is 1. The van der Waals surface area contributed by atoms with E-state index < -0.39 is 0 Å². The number of rotatable bonds is 4. The van der Waals surface area contributed by atoms with Gasteiger partial charge in [-0.15, -0.1) is 0 Å². The van der Waals surface area contributed by atoms with Crippen LogP contribution in [0.2, 0.25) is 0 Å². The van der Waals surface area contributed by atoms with E-state index in [9.17, 15) is 4.79 Å². The van der Waals surface area contributed by atoms with E-state index in [2.05, 4.69) is 45.9 Å². The van der Waals surface area contributed by atoms with Crippen LogP contribution in [0.4, 0.5) is 0 Å². The van der Waals surface area contributed by atoms with Gasteiger partial charge in [-0.2, -0.15) is 0 Å². The average Bonchev–Trinajstić information content (AvgIpc) is 2.43. The summed E-state index contributed by atoms with van der Waals surface area (Å²) < 4.78 is 5.77. The fourth-order valence-electron chi connectivity index (χ4n) is 3.33. The van der Waals surface area contributed by atoms with Crippen molar-refractivity contribution in [1.29, 1.82) is 0 Å². The highest BCUT2D eigenvalue weighted by Gasteiger charge is 2.30. The molecule has 0 fully saturated rings. The van der Waals surface area contributed by atoms with Crippen LogP contribution in [0.3, 0.4) is 0 Å². The summed E-state index contributed by atoms with van der Waals surface area (Å²) in [6.07, 6.45) is 3.72. The summed E-state index contributed by atoms with van der Waals surface area (Å²) in [4.78, 5) is 12.2. The molecule has 4 unspecified atom stereocenters. The van der Waals surface area contributed by atoms with Crippen molar-refractivity contribution in [2.75, 3.05) is 0 Å². The molecule has 0 spiro atoms. The van der Waals surface area contributed by atoms with E-state index in [4.69, 9.17) is 4.74 Å². The zero-order valence-electron chi connectivity index (χ0n) is 13.5. The minimum absolute atomic E-state index is 0.0178. The van der Waals surface area contributed by atoms with Crippen molar-refractivity contribution in [3.8, 4) is 0 Å². The largest absolute Gasteiger partial charge is 0.461 e. The molecule has 1 aromatic rings. The summed E-state index contributed by atoms with van der Waals surface area (Å²) in [6, 6.07) is 10.1. The van der Waals surface area contributed by atoms with Gasteiger partial charge < -0.3 is 4.74 Å². The van der Waals surface area contributed by atoms with E-state index >= 15 is 0 Å². The van der Waals surface area contributed by atoms with Gasteiger partial charge in [0.1, 0.15) is 6.10 Å². The Morgan fingerprint density at radius 1 is 1.29 bits per heavy atom. The topological polar surface area (TPSA) is 26.3 Å². The molecule has 2 rings (SSSR count). The second kappa shape index (κ2) is 6.93. The zero-order valence-corrected chi connectivity index (χ0v) is 13.5. The van der Waals surface area contributed by atoms with Gasteiger partial charge in [0.05, 0.1) is 6.42 Å². The summed E-state index contributed by atoms with van der Waals surface area (Å²) in [5.74, 6) is 0.832. The predicted molar refractivity (Wildman–Crippen MR) is 86.1 cm³/mol. The molecule has 0 saturated carbocycles. The number of carbonyl (C=O) groups is 1. The van der Waals surface area contributed by atoms with E-state index in [0.717, 1.165) is 6.42 Å². The minimum Gasteiger partial charge on any atom is -0.461 e. The highest BCUT2D eigenvalue weighted by Crippen LogP contribution is 2.31. The summed E-state index contributed by atoms with van der Waals surface area (Å²) in [6.45, 7) is 8.54. The third-order valence-corrected chi connectivity index (χ3v) is 4.38. The van der Waals surface area contributed by atoms with Crippen molar-refractivity contribution in [2.45, 2.75) is 52.6 Å². The molecule has 1 aromatic carbocycles. The first-order valence-corrected chi connectivity index (χ1v) is 7.89. The molecule has 114 valence electrons. The summed E-state index contributed by atoms with van der Waals surface area (Å²) >= 11 is 0. The van der Waals surface area contributed by atoms with Gasteiger partial charge in [-0.05, 0) is 30.7 Å². The first-order chi connectivity index (χ1) is 9.97. The summed E-state index contributed by atoms with van der Waals surface area (Å²) in [5.41, 5.74) is 2.59. The van der Waals surface area contributed by atoms with E-state index in [1.54, 1.807) is 0 Å². The second-order valence-corrected chi connectivity index (χ2v) is 6.52. The molecule has 2 heteroatoms. The Balaban J connectivity index is 1.93. The maximum atomic E-state index is 12.2. The molecule has 1 aliphatic carbocycles. The molecule has 0 aromatic heterocycles. The van der Waals surface area contributed by atoms with Gasteiger partial charge in [0.15, 0.2) is 0 Å². The van der Waals surface area contributed by atoms with Crippen LogP contribution < -0.4 is 0 Å². The van der Waals surface area contributed by atoms with Crippen molar-refractivity contribution < 1.29 is 9.53 Å². The van der Waals surface area contributed by atoms with Crippen molar-refractivity contribution in [2.24, 2.45) is 11.8 Å². The quantitative estimate of drug-likeness (QED) is 0.591. The highest BCUT2D eigenvalue weighted by atomic mass is 16.5. The molecule has 0 amide bonds. The van der Waals surface area contributed by atoms with Crippen LogP contribution in [0.1, 0.15) is 52.0 Å². The van der Waals surface area contributed by atoms with Crippen LogP contribution in [0, 0.1) is 11.8 Å². The predicted octanol–water partition coefficient (Wildman–Crippen LogP) is 4.71. The monoisotopic (exact) mass is 286 g/mol. The molecule has 0 radical (unpaired) electrons. The van der Waals surface area contributed by atoms with E-state index in [-0.39, 0.29) is 18.0 Å². The normalized spacial score (nSPS) is 26.9. The number of allylic oxidation sites excluding steroid dienone is 1. The highest BCUT2D eigenvalue weighted by molar-refractivity contribution is 5.70. The summed E-state index contributed by atoms with van der Waals surface area (Å²) in [7, 11) is 0. The molecule has 0 bridgehead atoms. The maximum Gasteiger partial charge on any atom is 0.306 e. The Hall–Kier alpha value is -1.57. The maximum absolute atomic E-state index is 12.2. The van der Waals surface area contributed by atoms with Crippen LogP contribution in [0.25, 0.3) is 0 Å². The molecular formula is C19H26O2. The standard InChI is InChI=1S/C19H26O2/c1-13-10-15(3)19(16(4)11-13)21-18(20)12-14(2)17-8-6-5-7-9-17/h5-10,14-16,19H,11-12H2,1-4H3. The molecule has 0 heterocycles. The Morgan fingerprint density at radius 3 is 2.57 bits per heavy atom. The van der Waals surface area contributed by atoms with Gasteiger partial charge in [-0.1, -0.05) is 62.8 Å². The third kappa shape index (κ3) is 4.20. The third-order valence-electron chi connectivity index (χ3n) is 4.38. The SMILES string of the molecule is CC1=CC(C)C(OC(=O)CC(C)c2ccccc2)C(C)C1.